The van der Waals surface area contributed by atoms with E-state index < -0.39 is 9.84 Å². The highest BCUT2D eigenvalue weighted by molar-refractivity contribution is 7.91. The Morgan fingerprint density at radius 1 is 1.41 bits per heavy atom. The van der Waals surface area contributed by atoms with E-state index >= 15 is 0 Å². The predicted molar refractivity (Wildman–Crippen MR) is 87.1 cm³/mol. The van der Waals surface area contributed by atoms with Crippen LogP contribution in [0.15, 0.2) is 29.6 Å². The summed E-state index contributed by atoms with van der Waals surface area (Å²) in [6.45, 7) is 0. The quantitative estimate of drug-likeness (QED) is 0.916. The Balaban J connectivity index is 1.72. The number of nitrogens with zero attached hydrogens (tertiary/aromatic N) is 1. The Labute approximate surface area is 137 Å². The van der Waals surface area contributed by atoms with Crippen LogP contribution in [0.1, 0.15) is 16.9 Å². The van der Waals surface area contributed by atoms with E-state index in [2.05, 4.69) is 10.3 Å². The van der Waals surface area contributed by atoms with Crippen LogP contribution in [0.3, 0.4) is 0 Å². The minimum absolute atomic E-state index is 0.00400. The summed E-state index contributed by atoms with van der Waals surface area (Å²) in [6, 6.07) is 6.92. The van der Waals surface area contributed by atoms with E-state index in [0.29, 0.717) is 22.1 Å². The standard InChI is InChI=1S/C14H13ClN2O3S2/c15-10-3-1-2-9(6-10)14-17-12(7-21-14)13(18)16-11-4-5-22(19,20)8-11/h1-3,6-7,11H,4-5,8H2,(H,16,18)/t11-/m0/s1. The zero-order valence-electron chi connectivity index (χ0n) is 11.5. The average molecular weight is 357 g/mol. The zero-order valence-corrected chi connectivity index (χ0v) is 13.8. The first-order valence-corrected chi connectivity index (χ1v) is 9.74. The summed E-state index contributed by atoms with van der Waals surface area (Å²) in [7, 11) is -3.01. The lowest BCUT2D eigenvalue weighted by Crippen LogP contribution is -2.35. The Kier molecular flexibility index (Phi) is 4.20. The van der Waals surface area contributed by atoms with Crippen molar-refractivity contribution < 1.29 is 13.2 Å². The predicted octanol–water partition coefficient (Wildman–Crippen LogP) is 2.38. The maximum Gasteiger partial charge on any atom is 0.271 e. The van der Waals surface area contributed by atoms with Gasteiger partial charge in [-0.1, -0.05) is 23.7 Å². The third-order valence-electron chi connectivity index (χ3n) is 3.38. The van der Waals surface area contributed by atoms with Gasteiger partial charge in [0.15, 0.2) is 9.84 Å². The van der Waals surface area contributed by atoms with Crippen molar-refractivity contribution in [2.75, 3.05) is 11.5 Å². The molecule has 116 valence electrons. The van der Waals surface area contributed by atoms with Crippen LogP contribution in [0.4, 0.5) is 0 Å². The van der Waals surface area contributed by atoms with Crippen molar-refractivity contribution in [3.8, 4) is 10.6 Å². The van der Waals surface area contributed by atoms with Crippen LogP contribution >= 0.6 is 22.9 Å². The van der Waals surface area contributed by atoms with Gasteiger partial charge in [-0.15, -0.1) is 11.3 Å². The molecular weight excluding hydrogens is 344 g/mol. The van der Waals surface area contributed by atoms with Crippen LogP contribution in [-0.4, -0.2) is 36.9 Å². The van der Waals surface area contributed by atoms with E-state index in [9.17, 15) is 13.2 Å². The molecule has 3 rings (SSSR count). The molecule has 0 aliphatic carbocycles. The molecule has 1 aromatic heterocycles. The van der Waals surface area contributed by atoms with E-state index in [1.165, 1.54) is 11.3 Å². The highest BCUT2D eigenvalue weighted by atomic mass is 35.5. The van der Waals surface area contributed by atoms with Crippen molar-refractivity contribution in [2.45, 2.75) is 12.5 Å². The molecule has 0 unspecified atom stereocenters. The second kappa shape index (κ2) is 5.98. The first-order valence-electron chi connectivity index (χ1n) is 6.66. The number of amides is 1. The summed E-state index contributed by atoms with van der Waals surface area (Å²) in [5, 5.41) is 5.70. The highest BCUT2D eigenvalue weighted by Crippen LogP contribution is 2.26. The second-order valence-corrected chi connectivity index (χ2v) is 8.64. The summed E-state index contributed by atoms with van der Waals surface area (Å²) < 4.78 is 22.8. The van der Waals surface area contributed by atoms with Crippen molar-refractivity contribution >= 4 is 38.7 Å². The van der Waals surface area contributed by atoms with Gasteiger partial charge < -0.3 is 5.32 Å². The number of sulfone groups is 1. The topological polar surface area (TPSA) is 76.1 Å². The zero-order chi connectivity index (χ0) is 15.7. The first kappa shape index (κ1) is 15.5. The lowest BCUT2D eigenvalue weighted by molar-refractivity contribution is 0.0937. The van der Waals surface area contributed by atoms with Crippen LogP contribution in [0.2, 0.25) is 5.02 Å². The molecule has 5 nitrogen and oxygen atoms in total. The average Bonchev–Trinajstić information content (AvgIpc) is 3.06. The first-order chi connectivity index (χ1) is 10.4. The van der Waals surface area contributed by atoms with Crippen LogP contribution in [0.25, 0.3) is 10.6 Å². The summed E-state index contributed by atoms with van der Waals surface area (Å²) in [4.78, 5) is 16.4. The van der Waals surface area contributed by atoms with Gasteiger partial charge in [0.25, 0.3) is 5.91 Å². The van der Waals surface area contributed by atoms with Crippen molar-refractivity contribution in [1.29, 1.82) is 0 Å². The number of hydrogen-bond donors (Lipinski definition) is 1. The Morgan fingerprint density at radius 3 is 2.91 bits per heavy atom. The SMILES string of the molecule is O=C(N[C@H]1CCS(=O)(=O)C1)c1csc(-c2cccc(Cl)c2)n1. The molecule has 1 aliphatic heterocycles. The van der Waals surface area contributed by atoms with E-state index in [4.69, 9.17) is 11.6 Å². The number of carbonyl (C=O) groups excluding carboxylic acids is 1. The summed E-state index contributed by atoms with van der Waals surface area (Å²) in [5.74, 6) is -0.209. The van der Waals surface area contributed by atoms with Gasteiger partial charge >= 0.3 is 0 Å². The molecule has 1 N–H and O–H groups in total. The Morgan fingerprint density at radius 2 is 2.23 bits per heavy atom. The third-order valence-corrected chi connectivity index (χ3v) is 6.27. The molecule has 0 bridgehead atoms. The number of halogens is 1. The lowest BCUT2D eigenvalue weighted by Gasteiger charge is -2.08. The molecule has 1 aliphatic rings. The number of benzene rings is 1. The third kappa shape index (κ3) is 3.48. The Hall–Kier alpha value is -1.44. The Bertz CT molecular complexity index is 817. The van der Waals surface area contributed by atoms with E-state index in [0.717, 1.165) is 5.56 Å². The summed E-state index contributed by atoms with van der Waals surface area (Å²) >= 11 is 7.29. The molecule has 22 heavy (non-hydrogen) atoms. The van der Waals surface area contributed by atoms with Crippen molar-refractivity contribution in [2.24, 2.45) is 0 Å². The maximum absolute atomic E-state index is 12.1. The van der Waals surface area contributed by atoms with Gasteiger partial charge in [-0.25, -0.2) is 13.4 Å². The van der Waals surface area contributed by atoms with Crippen molar-refractivity contribution in [3.63, 3.8) is 0 Å². The monoisotopic (exact) mass is 356 g/mol. The molecule has 1 saturated heterocycles. The number of carbonyl (C=O) groups is 1. The molecule has 2 aromatic rings. The molecule has 2 heterocycles. The summed E-state index contributed by atoms with van der Waals surface area (Å²) in [6.07, 6.45) is 0.458. The minimum atomic E-state index is -3.01. The fourth-order valence-electron chi connectivity index (χ4n) is 2.30. The number of aromatic nitrogens is 1. The molecule has 1 aromatic carbocycles. The number of thiazole rings is 1. The minimum Gasteiger partial charge on any atom is -0.347 e. The van der Waals surface area contributed by atoms with Crippen molar-refractivity contribution in [1.82, 2.24) is 10.3 Å². The molecule has 0 spiro atoms. The van der Waals surface area contributed by atoms with E-state index in [-0.39, 0.29) is 23.5 Å². The fourth-order valence-corrected chi connectivity index (χ4v) is 4.96. The smallest absolute Gasteiger partial charge is 0.271 e. The van der Waals surface area contributed by atoms with Crippen molar-refractivity contribution in [3.05, 3.63) is 40.4 Å². The van der Waals surface area contributed by atoms with E-state index in [1.807, 2.05) is 12.1 Å². The molecular formula is C14H13ClN2O3S2. The maximum atomic E-state index is 12.1. The van der Waals surface area contributed by atoms with Crippen LogP contribution in [0.5, 0.6) is 0 Å². The number of rotatable bonds is 3. The normalized spacial score (nSPS) is 20.0. The molecule has 1 fully saturated rings. The molecule has 1 amide bonds. The van der Waals surface area contributed by atoms with Gasteiger partial charge in [0.2, 0.25) is 0 Å². The molecule has 0 saturated carbocycles. The fraction of sp³-hybridized carbons (Fsp3) is 0.286. The molecule has 0 radical (unpaired) electrons. The van der Waals surface area contributed by atoms with Crippen LogP contribution in [0, 0.1) is 0 Å². The van der Waals surface area contributed by atoms with Gasteiger partial charge in [-0.3, -0.25) is 4.79 Å². The van der Waals surface area contributed by atoms with Gasteiger partial charge in [0.05, 0.1) is 11.5 Å². The summed E-state index contributed by atoms with van der Waals surface area (Å²) in [5.41, 5.74) is 1.14. The van der Waals surface area contributed by atoms with Gasteiger partial charge in [-0.05, 0) is 18.6 Å². The lowest BCUT2D eigenvalue weighted by atomic mass is 10.2. The van der Waals surface area contributed by atoms with Gasteiger partial charge in [-0.2, -0.15) is 0 Å². The van der Waals surface area contributed by atoms with Crippen LogP contribution < -0.4 is 5.32 Å². The second-order valence-electron chi connectivity index (χ2n) is 5.12. The van der Waals surface area contributed by atoms with Crippen LogP contribution in [-0.2, 0) is 9.84 Å². The van der Waals surface area contributed by atoms with Gasteiger partial charge in [0, 0.05) is 22.0 Å². The number of hydrogen-bond acceptors (Lipinski definition) is 5. The highest BCUT2D eigenvalue weighted by Gasteiger charge is 2.29. The molecule has 1 atom stereocenters. The molecule has 8 heteroatoms. The van der Waals surface area contributed by atoms with Gasteiger partial charge in [0.1, 0.15) is 10.7 Å². The largest absolute Gasteiger partial charge is 0.347 e. The van der Waals surface area contributed by atoms with E-state index in [1.54, 1.807) is 17.5 Å². The number of nitrogens with one attached hydrogen (secondary N) is 1.